The zero-order valence-corrected chi connectivity index (χ0v) is 15.9. The number of hydrogen-bond donors (Lipinski definition) is 2. The van der Waals surface area contributed by atoms with Crippen LogP contribution in [-0.2, 0) is 11.3 Å². The Kier molecular flexibility index (Phi) is 4.37. The van der Waals surface area contributed by atoms with Crippen LogP contribution in [0.5, 0.6) is 5.75 Å². The molecule has 3 aliphatic rings. The SMILES string of the molecule is O=C(NC[C@H]1[C@H]2CN(Cc3cccc(O)c3)C[C@]23CC[C@H]1O3)c1ccccc1. The molecule has 5 rings (SSSR count). The Hall–Kier alpha value is -2.37. The van der Waals surface area contributed by atoms with E-state index in [2.05, 4.69) is 16.3 Å². The van der Waals surface area contributed by atoms with Crippen LogP contribution < -0.4 is 5.32 Å². The molecular formula is C23H26N2O3. The first-order chi connectivity index (χ1) is 13.6. The number of carbonyl (C=O) groups is 1. The molecule has 1 spiro atoms. The highest BCUT2D eigenvalue weighted by molar-refractivity contribution is 5.94. The Labute approximate surface area is 165 Å². The molecule has 0 aromatic heterocycles. The van der Waals surface area contributed by atoms with Crippen molar-refractivity contribution in [1.82, 2.24) is 10.2 Å². The van der Waals surface area contributed by atoms with E-state index in [0.717, 1.165) is 38.0 Å². The van der Waals surface area contributed by atoms with Crippen molar-refractivity contribution in [3.63, 3.8) is 0 Å². The molecule has 28 heavy (non-hydrogen) atoms. The second kappa shape index (κ2) is 6.90. The number of likely N-dealkylation sites (tertiary alicyclic amines) is 1. The summed E-state index contributed by atoms with van der Waals surface area (Å²) >= 11 is 0. The second-order valence-corrected chi connectivity index (χ2v) is 8.45. The van der Waals surface area contributed by atoms with Gasteiger partial charge < -0.3 is 15.2 Å². The lowest BCUT2D eigenvalue weighted by molar-refractivity contribution is 0.00212. The van der Waals surface area contributed by atoms with E-state index < -0.39 is 0 Å². The molecule has 0 saturated carbocycles. The largest absolute Gasteiger partial charge is 0.508 e. The third kappa shape index (κ3) is 3.09. The molecule has 146 valence electrons. The Bertz CT molecular complexity index is 871. The van der Waals surface area contributed by atoms with Crippen molar-refractivity contribution < 1.29 is 14.6 Å². The van der Waals surface area contributed by atoms with Crippen LogP contribution in [0.25, 0.3) is 0 Å². The number of benzene rings is 2. The molecule has 3 aliphatic heterocycles. The van der Waals surface area contributed by atoms with Crippen molar-refractivity contribution in [3.8, 4) is 5.75 Å². The van der Waals surface area contributed by atoms with Gasteiger partial charge in [-0.25, -0.2) is 0 Å². The maximum atomic E-state index is 12.4. The first-order valence-corrected chi connectivity index (χ1v) is 10.1. The Morgan fingerprint density at radius 1 is 1.21 bits per heavy atom. The van der Waals surface area contributed by atoms with Gasteiger partial charge >= 0.3 is 0 Å². The summed E-state index contributed by atoms with van der Waals surface area (Å²) in [4.78, 5) is 14.9. The van der Waals surface area contributed by atoms with E-state index in [9.17, 15) is 9.90 Å². The highest BCUT2D eigenvalue weighted by Gasteiger charge is 2.62. The highest BCUT2D eigenvalue weighted by Crippen LogP contribution is 2.54. The summed E-state index contributed by atoms with van der Waals surface area (Å²) in [6.07, 6.45) is 2.47. The minimum Gasteiger partial charge on any atom is -0.508 e. The van der Waals surface area contributed by atoms with E-state index in [-0.39, 0.29) is 17.6 Å². The molecule has 2 aromatic rings. The number of rotatable bonds is 5. The highest BCUT2D eigenvalue weighted by atomic mass is 16.5. The van der Waals surface area contributed by atoms with E-state index in [0.29, 0.717) is 29.7 Å². The number of phenolic OH excluding ortho intramolecular Hbond substituents is 1. The number of aromatic hydroxyl groups is 1. The third-order valence-electron chi connectivity index (χ3n) is 6.71. The van der Waals surface area contributed by atoms with Gasteiger partial charge in [0.1, 0.15) is 5.75 Å². The smallest absolute Gasteiger partial charge is 0.251 e. The third-order valence-corrected chi connectivity index (χ3v) is 6.71. The maximum Gasteiger partial charge on any atom is 0.251 e. The van der Waals surface area contributed by atoms with Crippen LogP contribution >= 0.6 is 0 Å². The van der Waals surface area contributed by atoms with Gasteiger partial charge in [0, 0.05) is 43.6 Å². The standard InChI is InChI=1S/C23H26N2O3/c26-18-8-4-5-16(11-18)13-25-14-20-19(21-9-10-23(20,15-25)28-21)12-24-22(27)17-6-2-1-3-7-17/h1-8,11,19-21,26H,9-10,12-15H2,(H,24,27)/t19-,20+,21+,23+/m0/s1. The molecule has 0 unspecified atom stereocenters. The summed E-state index contributed by atoms with van der Waals surface area (Å²) < 4.78 is 6.48. The molecule has 0 radical (unpaired) electrons. The van der Waals surface area contributed by atoms with Crippen LogP contribution in [0.3, 0.4) is 0 Å². The van der Waals surface area contributed by atoms with E-state index in [1.54, 1.807) is 6.07 Å². The molecule has 3 fully saturated rings. The van der Waals surface area contributed by atoms with Crippen molar-refractivity contribution in [2.45, 2.75) is 31.1 Å². The van der Waals surface area contributed by atoms with Crippen LogP contribution in [-0.4, -0.2) is 47.3 Å². The van der Waals surface area contributed by atoms with Crippen molar-refractivity contribution in [3.05, 3.63) is 65.7 Å². The fourth-order valence-corrected chi connectivity index (χ4v) is 5.50. The van der Waals surface area contributed by atoms with Gasteiger partial charge in [0.25, 0.3) is 5.91 Å². The first-order valence-electron chi connectivity index (χ1n) is 10.1. The molecule has 2 bridgehead atoms. The molecule has 2 aromatic carbocycles. The number of hydrogen-bond acceptors (Lipinski definition) is 4. The van der Waals surface area contributed by atoms with Gasteiger partial charge in [-0.15, -0.1) is 0 Å². The lowest BCUT2D eigenvalue weighted by atomic mass is 9.73. The van der Waals surface area contributed by atoms with Gasteiger partial charge in [-0.3, -0.25) is 9.69 Å². The number of carbonyl (C=O) groups excluding carboxylic acids is 1. The summed E-state index contributed by atoms with van der Waals surface area (Å²) in [7, 11) is 0. The zero-order chi connectivity index (χ0) is 19.1. The van der Waals surface area contributed by atoms with Gasteiger partial charge in [-0.05, 0) is 42.7 Å². The maximum absolute atomic E-state index is 12.4. The summed E-state index contributed by atoms with van der Waals surface area (Å²) in [5.74, 6) is 1.14. The predicted molar refractivity (Wildman–Crippen MR) is 106 cm³/mol. The van der Waals surface area contributed by atoms with Crippen LogP contribution in [0, 0.1) is 11.8 Å². The molecule has 3 saturated heterocycles. The molecule has 4 atom stereocenters. The summed E-state index contributed by atoms with van der Waals surface area (Å²) in [5.41, 5.74) is 1.78. The Morgan fingerprint density at radius 2 is 2.07 bits per heavy atom. The molecule has 5 nitrogen and oxygen atoms in total. The van der Waals surface area contributed by atoms with Gasteiger partial charge in [0.15, 0.2) is 0 Å². The van der Waals surface area contributed by atoms with Gasteiger partial charge in [-0.2, -0.15) is 0 Å². The van der Waals surface area contributed by atoms with Crippen LogP contribution in [0.15, 0.2) is 54.6 Å². The molecule has 5 heteroatoms. The Balaban J connectivity index is 1.25. The minimum absolute atomic E-state index is 0.00737. The number of fused-ring (bicyclic) bond motifs is 1. The summed E-state index contributed by atoms with van der Waals surface area (Å²) in [6, 6.07) is 16.9. The van der Waals surface area contributed by atoms with Crippen LogP contribution in [0.4, 0.5) is 0 Å². The van der Waals surface area contributed by atoms with Crippen molar-refractivity contribution >= 4 is 5.91 Å². The lowest BCUT2D eigenvalue weighted by Gasteiger charge is -2.29. The number of amides is 1. The fourth-order valence-electron chi connectivity index (χ4n) is 5.50. The molecular weight excluding hydrogens is 352 g/mol. The monoisotopic (exact) mass is 378 g/mol. The average Bonchev–Trinajstić information content (AvgIpc) is 3.35. The molecule has 1 amide bonds. The quantitative estimate of drug-likeness (QED) is 0.840. The predicted octanol–water partition coefficient (Wildman–Crippen LogP) is 2.80. The number of ether oxygens (including phenoxy) is 1. The average molecular weight is 378 g/mol. The zero-order valence-electron chi connectivity index (χ0n) is 15.9. The van der Waals surface area contributed by atoms with Crippen LogP contribution in [0.1, 0.15) is 28.8 Å². The number of nitrogens with one attached hydrogen (secondary N) is 1. The van der Waals surface area contributed by atoms with Gasteiger partial charge in [0.05, 0.1) is 11.7 Å². The number of nitrogens with zero attached hydrogens (tertiary/aromatic N) is 1. The van der Waals surface area contributed by atoms with Crippen molar-refractivity contribution in [2.24, 2.45) is 11.8 Å². The van der Waals surface area contributed by atoms with Gasteiger partial charge in [0.2, 0.25) is 0 Å². The van der Waals surface area contributed by atoms with E-state index in [1.165, 1.54) is 0 Å². The second-order valence-electron chi connectivity index (χ2n) is 8.45. The fraction of sp³-hybridized carbons (Fsp3) is 0.435. The Morgan fingerprint density at radius 3 is 2.89 bits per heavy atom. The topological polar surface area (TPSA) is 61.8 Å². The lowest BCUT2D eigenvalue weighted by Crippen LogP contribution is -2.41. The molecule has 2 N–H and O–H groups in total. The van der Waals surface area contributed by atoms with Crippen molar-refractivity contribution in [1.29, 1.82) is 0 Å². The minimum atomic E-state index is -0.0520. The normalized spacial score (nSPS) is 31.1. The molecule has 3 heterocycles. The number of phenols is 1. The van der Waals surface area contributed by atoms with Crippen molar-refractivity contribution in [2.75, 3.05) is 19.6 Å². The van der Waals surface area contributed by atoms with Crippen LogP contribution in [0.2, 0.25) is 0 Å². The summed E-state index contributed by atoms with van der Waals surface area (Å²) in [5, 5.41) is 12.9. The van der Waals surface area contributed by atoms with E-state index in [1.807, 2.05) is 42.5 Å². The van der Waals surface area contributed by atoms with Gasteiger partial charge in [-0.1, -0.05) is 30.3 Å². The molecule has 0 aliphatic carbocycles. The first kappa shape index (κ1) is 17.7. The van der Waals surface area contributed by atoms with E-state index in [4.69, 9.17) is 4.74 Å². The van der Waals surface area contributed by atoms with E-state index >= 15 is 0 Å². The summed E-state index contributed by atoms with van der Waals surface area (Å²) in [6.45, 7) is 3.42.